The molecule has 346 valence electrons. The molecule has 3 aliphatic heterocycles. The fraction of sp³-hybridized carbons (Fsp3) is 0.510. The molecule has 6 heterocycles. The van der Waals surface area contributed by atoms with Crippen LogP contribution in [0.15, 0.2) is 54.9 Å². The Hall–Kier alpha value is -6.32. The van der Waals surface area contributed by atoms with Crippen molar-refractivity contribution in [1.82, 2.24) is 44.9 Å². The van der Waals surface area contributed by atoms with E-state index in [1.807, 2.05) is 49.9 Å². The predicted octanol–water partition coefficient (Wildman–Crippen LogP) is 9.04. The zero-order valence-corrected chi connectivity index (χ0v) is 38.6. The van der Waals surface area contributed by atoms with Crippen LogP contribution in [0.3, 0.4) is 0 Å². The Morgan fingerprint density at radius 1 is 0.754 bits per heavy atom. The molecule has 2 aromatic carbocycles. The van der Waals surface area contributed by atoms with Crippen molar-refractivity contribution >= 4 is 34.9 Å². The maximum absolute atomic E-state index is 13.8. The number of benzene rings is 2. The number of ether oxygens (including phenoxy) is 3. The van der Waals surface area contributed by atoms with Crippen LogP contribution in [0.5, 0.6) is 5.75 Å². The number of unbranched alkanes of at least 4 members (excludes halogenated alkanes) is 3. The lowest BCUT2D eigenvalue weighted by Gasteiger charge is -2.30. The van der Waals surface area contributed by atoms with E-state index in [1.54, 1.807) is 0 Å². The minimum absolute atomic E-state index is 0.119. The van der Waals surface area contributed by atoms with Gasteiger partial charge in [0, 0.05) is 41.6 Å². The topological polar surface area (TPSA) is 189 Å². The number of fused-ring (bicyclic) bond motifs is 5. The van der Waals surface area contributed by atoms with E-state index < -0.39 is 24.3 Å². The zero-order chi connectivity index (χ0) is 45.9. The summed E-state index contributed by atoms with van der Waals surface area (Å²) in [5.74, 6) is 1.70. The number of nitrogens with one attached hydrogen (secondary N) is 4. The fourth-order valence-corrected chi connectivity index (χ4v) is 9.74. The molecule has 2 saturated heterocycles. The average Bonchev–Trinajstić information content (AvgIpc) is 4.16. The Labute approximate surface area is 380 Å². The van der Waals surface area contributed by atoms with Gasteiger partial charge in [0.15, 0.2) is 6.23 Å². The minimum atomic E-state index is -0.708. The summed E-state index contributed by atoms with van der Waals surface area (Å²) in [5.41, 5.74) is 6.77. The number of carbonyl (C=O) groups excluding carboxylic acids is 4. The number of methoxy groups -OCH3 is 2. The molecule has 0 bridgehead atoms. The third-order valence-corrected chi connectivity index (χ3v) is 13.3. The summed E-state index contributed by atoms with van der Waals surface area (Å²) in [5, 5.41) is 6.53. The fourth-order valence-electron chi connectivity index (χ4n) is 9.74. The number of hydrogen-bond donors (Lipinski definition) is 4. The summed E-state index contributed by atoms with van der Waals surface area (Å²) in [7, 11) is 2.59. The highest BCUT2D eigenvalue weighted by Crippen LogP contribution is 2.46. The SMILES string of the molecule is CCCCCCC1Oc2cc(-c3cnc([C@@H]4CCCN4C(=O)[C@@H](NC(=O)OC)C(C)C)[nH]3)ccc2-c2cc3cc(-c4cnc([C@@H]5CCCN5C(=O)[C@@H](NC(=O)OC)C(C)C)[nH]4)ccc3n21. The molecule has 1 unspecified atom stereocenters. The lowest BCUT2D eigenvalue weighted by molar-refractivity contribution is -0.136. The lowest BCUT2D eigenvalue weighted by Crippen LogP contribution is -2.51. The second-order valence-corrected chi connectivity index (χ2v) is 18.3. The van der Waals surface area contributed by atoms with Crippen LogP contribution in [0.2, 0.25) is 0 Å². The normalized spacial score (nSPS) is 18.9. The van der Waals surface area contributed by atoms with Gasteiger partial charge < -0.3 is 49.2 Å². The Morgan fingerprint density at radius 2 is 1.31 bits per heavy atom. The van der Waals surface area contributed by atoms with E-state index in [1.165, 1.54) is 20.6 Å². The van der Waals surface area contributed by atoms with Crippen molar-refractivity contribution in [2.45, 2.75) is 123 Å². The monoisotopic (exact) mass is 889 g/mol. The van der Waals surface area contributed by atoms with Crippen LogP contribution in [0.1, 0.15) is 122 Å². The second-order valence-electron chi connectivity index (χ2n) is 18.3. The molecule has 4 amide bonds. The van der Waals surface area contributed by atoms with Crippen LogP contribution in [0.4, 0.5) is 9.59 Å². The smallest absolute Gasteiger partial charge is 0.407 e. The molecule has 3 aliphatic rings. The van der Waals surface area contributed by atoms with E-state index in [2.05, 4.69) is 74.6 Å². The van der Waals surface area contributed by atoms with Gasteiger partial charge in [-0.15, -0.1) is 0 Å². The van der Waals surface area contributed by atoms with Crippen molar-refractivity contribution in [3.63, 3.8) is 0 Å². The third kappa shape index (κ3) is 9.17. The summed E-state index contributed by atoms with van der Waals surface area (Å²) in [6, 6.07) is 13.1. The Bertz CT molecular complexity index is 2520. The van der Waals surface area contributed by atoms with Gasteiger partial charge in [-0.05, 0) is 74.3 Å². The van der Waals surface area contributed by atoms with E-state index >= 15 is 0 Å². The van der Waals surface area contributed by atoms with Gasteiger partial charge in [0.2, 0.25) is 11.8 Å². The number of carbonyl (C=O) groups is 4. The van der Waals surface area contributed by atoms with Crippen molar-refractivity contribution in [3.8, 4) is 39.5 Å². The number of alkyl carbamates (subject to hydrolysis) is 2. The molecule has 16 heteroatoms. The van der Waals surface area contributed by atoms with Crippen molar-refractivity contribution in [2.24, 2.45) is 11.8 Å². The molecule has 0 saturated carbocycles. The van der Waals surface area contributed by atoms with E-state index in [0.29, 0.717) is 18.9 Å². The summed E-state index contributed by atoms with van der Waals surface area (Å²) >= 11 is 0. The first-order valence-corrected chi connectivity index (χ1v) is 23.3. The van der Waals surface area contributed by atoms with Gasteiger partial charge in [0.25, 0.3) is 0 Å². The molecule has 16 nitrogen and oxygen atoms in total. The Balaban J connectivity index is 1.05. The average molecular weight is 890 g/mol. The van der Waals surface area contributed by atoms with E-state index in [4.69, 9.17) is 24.2 Å². The molecule has 0 spiro atoms. The molecular weight excluding hydrogens is 827 g/mol. The van der Waals surface area contributed by atoms with Crippen LogP contribution in [-0.4, -0.2) is 97.7 Å². The molecule has 5 atom stereocenters. The summed E-state index contributed by atoms with van der Waals surface area (Å²) in [6.45, 7) is 11.0. The van der Waals surface area contributed by atoms with Crippen molar-refractivity contribution in [1.29, 1.82) is 0 Å². The largest absolute Gasteiger partial charge is 0.469 e. The van der Waals surface area contributed by atoms with Crippen LogP contribution >= 0.6 is 0 Å². The predicted molar refractivity (Wildman–Crippen MR) is 247 cm³/mol. The lowest BCUT2D eigenvalue weighted by atomic mass is 10.0. The number of imidazole rings is 2. The minimum Gasteiger partial charge on any atom is -0.469 e. The Morgan fingerprint density at radius 3 is 1.85 bits per heavy atom. The molecule has 5 aromatic rings. The summed E-state index contributed by atoms with van der Waals surface area (Å²) in [6.07, 6.45) is 10.7. The summed E-state index contributed by atoms with van der Waals surface area (Å²) < 4.78 is 18.9. The molecular formula is C49H63N9O7. The summed E-state index contributed by atoms with van der Waals surface area (Å²) in [4.78, 5) is 72.0. The number of aromatic amines is 2. The second kappa shape index (κ2) is 19.4. The van der Waals surface area contributed by atoms with Gasteiger partial charge >= 0.3 is 12.2 Å². The highest BCUT2D eigenvalue weighted by atomic mass is 16.5. The zero-order valence-electron chi connectivity index (χ0n) is 38.6. The van der Waals surface area contributed by atoms with Gasteiger partial charge in [-0.25, -0.2) is 19.6 Å². The number of aromatic nitrogens is 5. The number of H-pyrrole nitrogens is 2. The third-order valence-electron chi connectivity index (χ3n) is 13.3. The molecule has 3 aromatic heterocycles. The van der Waals surface area contributed by atoms with E-state index in [-0.39, 0.29) is 42.0 Å². The van der Waals surface area contributed by atoms with Crippen molar-refractivity contribution < 1.29 is 33.4 Å². The standard InChI is InChI=1S/C49H63N9O7/c1-8-9-10-11-16-41-58-36-20-18-30(34-26-50-44(52-34)37-14-12-21-56(37)46(59)42(28(2)3)54-48(61)63-6)23-32(36)24-39(58)33-19-17-31(25-40(33)65-41)35-27-51-45(53-35)38-15-13-22-57(38)47(60)43(29(4)5)55-49(62)64-7/h17-20,23-29,37-38,41-43H,8-16,21-22H2,1-7H3,(H,50,52)(H,51,53)(H,54,61)(H,55,62)/t37-,38-,41?,42-,43-/m0/s1. The van der Waals surface area contributed by atoms with Crippen LogP contribution in [0.25, 0.3) is 44.7 Å². The first kappa shape index (κ1) is 45.3. The van der Waals surface area contributed by atoms with Crippen LogP contribution in [-0.2, 0) is 19.1 Å². The highest BCUT2D eigenvalue weighted by molar-refractivity contribution is 5.92. The van der Waals surface area contributed by atoms with Gasteiger partial charge in [0.1, 0.15) is 29.5 Å². The van der Waals surface area contributed by atoms with E-state index in [9.17, 15) is 19.2 Å². The Kier molecular flexibility index (Phi) is 13.5. The van der Waals surface area contributed by atoms with E-state index in [0.717, 1.165) is 108 Å². The van der Waals surface area contributed by atoms with Gasteiger partial charge in [-0.3, -0.25) is 9.59 Å². The first-order chi connectivity index (χ1) is 31.4. The van der Waals surface area contributed by atoms with Gasteiger partial charge in [-0.2, -0.15) is 0 Å². The molecule has 2 fully saturated rings. The molecule has 8 rings (SSSR count). The van der Waals surface area contributed by atoms with Gasteiger partial charge in [0.05, 0.1) is 61.3 Å². The molecule has 65 heavy (non-hydrogen) atoms. The maximum Gasteiger partial charge on any atom is 0.407 e. The molecule has 0 aliphatic carbocycles. The number of hydrogen-bond acceptors (Lipinski definition) is 9. The molecule has 0 radical (unpaired) electrons. The molecule has 4 N–H and O–H groups in total. The highest BCUT2D eigenvalue weighted by Gasteiger charge is 2.39. The van der Waals surface area contributed by atoms with Crippen LogP contribution < -0.4 is 15.4 Å². The number of likely N-dealkylation sites (tertiary alicyclic amines) is 2. The van der Waals surface area contributed by atoms with Crippen molar-refractivity contribution in [2.75, 3.05) is 27.3 Å². The van der Waals surface area contributed by atoms with Gasteiger partial charge in [-0.1, -0.05) is 66.0 Å². The maximum atomic E-state index is 13.8. The number of rotatable bonds is 15. The quantitative estimate of drug-likeness (QED) is 0.0744. The first-order valence-electron chi connectivity index (χ1n) is 23.3. The number of amides is 4. The number of nitrogens with zero attached hydrogens (tertiary/aromatic N) is 5. The van der Waals surface area contributed by atoms with Crippen molar-refractivity contribution in [3.05, 3.63) is 66.5 Å². The van der Waals surface area contributed by atoms with Crippen LogP contribution in [0, 0.1) is 11.8 Å².